The van der Waals surface area contributed by atoms with Crippen LogP contribution < -0.4 is 10.6 Å². The zero-order valence-corrected chi connectivity index (χ0v) is 15.7. The highest BCUT2D eigenvalue weighted by atomic mass is 19.1. The molecule has 2 N–H and O–H groups in total. The van der Waals surface area contributed by atoms with Gasteiger partial charge in [-0.15, -0.1) is 0 Å². The molecule has 3 rings (SSSR count). The zero-order valence-electron chi connectivity index (χ0n) is 15.7. The number of nitrogens with zero attached hydrogens (tertiary/aromatic N) is 3. The average molecular weight is 371 g/mol. The van der Waals surface area contributed by atoms with E-state index >= 15 is 0 Å². The molecule has 0 radical (unpaired) electrons. The summed E-state index contributed by atoms with van der Waals surface area (Å²) in [6, 6.07) is 6.50. The van der Waals surface area contributed by atoms with Gasteiger partial charge in [0.15, 0.2) is 5.96 Å². The number of likely N-dealkylation sites (tertiary alicyclic amines) is 1. The summed E-state index contributed by atoms with van der Waals surface area (Å²) in [5.74, 6) is 0.671. The van der Waals surface area contributed by atoms with E-state index in [4.69, 9.17) is 5.26 Å². The quantitative estimate of drug-likeness (QED) is 0.628. The molecule has 7 heteroatoms. The number of aliphatic imine (C=N–C) groups is 1. The van der Waals surface area contributed by atoms with Crippen LogP contribution in [-0.4, -0.2) is 42.9 Å². The van der Waals surface area contributed by atoms with Gasteiger partial charge < -0.3 is 15.5 Å². The van der Waals surface area contributed by atoms with Crippen LogP contribution in [0.25, 0.3) is 0 Å². The first-order chi connectivity index (χ1) is 13.1. The fourth-order valence-corrected chi connectivity index (χ4v) is 3.84. The summed E-state index contributed by atoms with van der Waals surface area (Å²) in [7, 11) is 1.67. The topological polar surface area (TPSA) is 80.5 Å². The fraction of sp³-hybridized carbons (Fsp3) is 0.550. The Morgan fingerprint density at radius 3 is 2.81 bits per heavy atom. The number of hydrogen-bond acceptors (Lipinski definition) is 3. The van der Waals surface area contributed by atoms with Gasteiger partial charge in [-0.1, -0.05) is 18.9 Å². The Bertz CT molecular complexity index is 751. The minimum absolute atomic E-state index is 0.146. The number of hydrogen-bond donors (Lipinski definition) is 2. The highest BCUT2D eigenvalue weighted by Crippen LogP contribution is 2.27. The molecule has 1 unspecified atom stereocenters. The highest BCUT2D eigenvalue weighted by Gasteiger charge is 2.32. The lowest BCUT2D eigenvalue weighted by Crippen LogP contribution is -2.45. The normalized spacial score (nSPS) is 20.6. The van der Waals surface area contributed by atoms with Gasteiger partial charge in [0.05, 0.1) is 11.6 Å². The van der Waals surface area contributed by atoms with E-state index in [-0.39, 0.29) is 18.5 Å². The molecule has 2 aliphatic rings. The summed E-state index contributed by atoms with van der Waals surface area (Å²) in [5, 5.41) is 15.2. The van der Waals surface area contributed by atoms with Crippen molar-refractivity contribution >= 4 is 11.9 Å². The maximum absolute atomic E-state index is 14.0. The summed E-state index contributed by atoms with van der Waals surface area (Å²) in [6.07, 6.45) is 5.24. The van der Waals surface area contributed by atoms with Crippen molar-refractivity contribution in [1.82, 2.24) is 15.5 Å². The fourth-order valence-electron chi connectivity index (χ4n) is 3.84. The number of guanidine groups is 1. The molecule has 1 saturated carbocycles. The lowest BCUT2D eigenvalue weighted by molar-refractivity contribution is -0.134. The molecule has 0 spiro atoms. The Morgan fingerprint density at radius 2 is 2.15 bits per heavy atom. The number of rotatable bonds is 4. The second kappa shape index (κ2) is 8.85. The maximum atomic E-state index is 14.0. The first-order valence-electron chi connectivity index (χ1n) is 9.55. The molecular formula is C20H26FN5O. The Labute approximate surface area is 159 Å². The van der Waals surface area contributed by atoms with Crippen LogP contribution in [0.3, 0.4) is 0 Å². The number of nitrogens with one attached hydrogen (secondary N) is 2. The Kier molecular flexibility index (Phi) is 6.28. The van der Waals surface area contributed by atoms with Crippen LogP contribution in [-0.2, 0) is 11.3 Å². The smallest absolute Gasteiger partial charge is 0.225 e. The molecular weight excluding hydrogens is 345 g/mol. The summed E-state index contributed by atoms with van der Waals surface area (Å²) in [6.45, 7) is 1.73. The SMILES string of the molecule is CN=C(NCc1ccc(C#N)cc1F)NC1CCN(C(=O)C2CCCC2)C1. The van der Waals surface area contributed by atoms with E-state index in [9.17, 15) is 9.18 Å². The molecule has 1 aliphatic heterocycles. The molecule has 1 aromatic carbocycles. The number of halogens is 1. The van der Waals surface area contributed by atoms with Crippen molar-refractivity contribution < 1.29 is 9.18 Å². The summed E-state index contributed by atoms with van der Waals surface area (Å²) < 4.78 is 14.0. The lowest BCUT2D eigenvalue weighted by Gasteiger charge is -2.21. The summed E-state index contributed by atoms with van der Waals surface area (Å²) in [4.78, 5) is 18.7. The number of carbonyl (C=O) groups excluding carboxylic acids is 1. The third-order valence-corrected chi connectivity index (χ3v) is 5.40. The zero-order chi connectivity index (χ0) is 19.2. The van der Waals surface area contributed by atoms with E-state index in [0.717, 1.165) is 38.6 Å². The van der Waals surface area contributed by atoms with Crippen molar-refractivity contribution in [2.75, 3.05) is 20.1 Å². The van der Waals surface area contributed by atoms with Crippen molar-refractivity contribution in [3.63, 3.8) is 0 Å². The molecule has 0 aromatic heterocycles. The van der Waals surface area contributed by atoms with Crippen molar-refractivity contribution in [2.24, 2.45) is 10.9 Å². The largest absolute Gasteiger partial charge is 0.352 e. The number of carbonyl (C=O) groups is 1. The summed E-state index contributed by atoms with van der Waals surface area (Å²) >= 11 is 0. The van der Waals surface area contributed by atoms with Gasteiger partial charge in [-0.3, -0.25) is 9.79 Å². The van der Waals surface area contributed by atoms with Gasteiger partial charge in [0.1, 0.15) is 5.82 Å². The molecule has 2 fully saturated rings. The van der Waals surface area contributed by atoms with Crippen LogP contribution >= 0.6 is 0 Å². The Hall–Kier alpha value is -2.62. The van der Waals surface area contributed by atoms with E-state index in [1.54, 1.807) is 19.2 Å². The monoisotopic (exact) mass is 371 g/mol. The van der Waals surface area contributed by atoms with E-state index in [1.807, 2.05) is 11.0 Å². The van der Waals surface area contributed by atoms with Gasteiger partial charge in [0, 0.05) is 44.2 Å². The number of amides is 1. The van der Waals surface area contributed by atoms with Gasteiger partial charge in [0.2, 0.25) is 5.91 Å². The van der Waals surface area contributed by atoms with Crippen LogP contribution in [0.2, 0.25) is 0 Å². The molecule has 0 bridgehead atoms. The molecule has 1 aliphatic carbocycles. The van der Waals surface area contributed by atoms with Crippen molar-refractivity contribution in [3.05, 3.63) is 35.1 Å². The first-order valence-corrected chi connectivity index (χ1v) is 9.55. The predicted octanol–water partition coefficient (Wildman–Crippen LogP) is 2.15. The third kappa shape index (κ3) is 4.76. The first kappa shape index (κ1) is 19.2. The molecule has 144 valence electrons. The van der Waals surface area contributed by atoms with E-state index in [1.165, 1.54) is 6.07 Å². The van der Waals surface area contributed by atoms with E-state index < -0.39 is 5.82 Å². The maximum Gasteiger partial charge on any atom is 0.225 e. The average Bonchev–Trinajstić information content (AvgIpc) is 3.37. The van der Waals surface area contributed by atoms with Crippen molar-refractivity contribution in [2.45, 2.75) is 44.7 Å². The molecule has 1 aromatic rings. The van der Waals surface area contributed by atoms with Crippen molar-refractivity contribution in [3.8, 4) is 6.07 Å². The third-order valence-electron chi connectivity index (χ3n) is 5.40. The minimum Gasteiger partial charge on any atom is -0.352 e. The standard InChI is InChI=1S/C20H26FN5O/c1-23-20(24-12-16-7-6-14(11-22)10-18(16)21)25-17-8-9-26(13-17)19(27)15-4-2-3-5-15/h6-7,10,15,17H,2-5,8-9,12-13H2,1H3,(H2,23,24,25). The van der Waals surface area contributed by atoms with E-state index in [2.05, 4.69) is 15.6 Å². The van der Waals surface area contributed by atoms with Gasteiger partial charge in [-0.2, -0.15) is 5.26 Å². The Morgan fingerprint density at radius 1 is 1.37 bits per heavy atom. The predicted molar refractivity (Wildman–Crippen MR) is 101 cm³/mol. The molecule has 1 saturated heterocycles. The molecule has 1 atom stereocenters. The molecule has 27 heavy (non-hydrogen) atoms. The van der Waals surface area contributed by atoms with Crippen LogP contribution in [0, 0.1) is 23.1 Å². The second-order valence-electron chi connectivity index (χ2n) is 7.24. The molecule has 1 amide bonds. The van der Waals surface area contributed by atoms with Crippen LogP contribution in [0.15, 0.2) is 23.2 Å². The number of benzene rings is 1. The Balaban J connectivity index is 1.49. The lowest BCUT2D eigenvalue weighted by atomic mass is 10.1. The van der Waals surface area contributed by atoms with Crippen LogP contribution in [0.1, 0.15) is 43.2 Å². The van der Waals surface area contributed by atoms with Crippen LogP contribution in [0.5, 0.6) is 0 Å². The molecule has 1 heterocycles. The van der Waals surface area contributed by atoms with Crippen molar-refractivity contribution in [1.29, 1.82) is 5.26 Å². The second-order valence-corrected chi connectivity index (χ2v) is 7.24. The van der Waals surface area contributed by atoms with E-state index in [0.29, 0.717) is 29.5 Å². The molecule has 6 nitrogen and oxygen atoms in total. The highest BCUT2D eigenvalue weighted by molar-refractivity contribution is 5.81. The number of nitriles is 1. The van der Waals surface area contributed by atoms with Gasteiger partial charge >= 0.3 is 0 Å². The van der Waals surface area contributed by atoms with Crippen LogP contribution in [0.4, 0.5) is 4.39 Å². The minimum atomic E-state index is -0.411. The summed E-state index contributed by atoms with van der Waals surface area (Å²) in [5.41, 5.74) is 0.776. The van der Waals surface area contributed by atoms with Gasteiger partial charge in [0.25, 0.3) is 0 Å². The van der Waals surface area contributed by atoms with Gasteiger partial charge in [-0.05, 0) is 31.4 Å². The van der Waals surface area contributed by atoms with Gasteiger partial charge in [-0.25, -0.2) is 4.39 Å².